The van der Waals surface area contributed by atoms with Crippen molar-refractivity contribution < 1.29 is 18.9 Å². The smallest absolute Gasteiger partial charge is 0.124 e. The van der Waals surface area contributed by atoms with Gasteiger partial charge in [-0.15, -0.1) is 0 Å². The fourth-order valence-electron chi connectivity index (χ4n) is 9.79. The van der Waals surface area contributed by atoms with Gasteiger partial charge in [-0.2, -0.15) is 0 Å². The van der Waals surface area contributed by atoms with Crippen molar-refractivity contribution in [3.63, 3.8) is 0 Å². The normalized spacial score (nSPS) is 13.9. The summed E-state index contributed by atoms with van der Waals surface area (Å²) in [6.45, 7) is 2.43. The predicted octanol–water partition coefficient (Wildman–Crippen LogP) is 12.4. The Bertz CT molecular complexity index is 3010. The maximum Gasteiger partial charge on any atom is 0.124 e. The molecule has 14 rings (SSSR count). The second-order valence-electron chi connectivity index (χ2n) is 16.5. The monoisotopic (exact) mass is 840 g/mol. The SMILES string of the molecule is COc1cc2c(OC)cc1Cn1cc(c3ccccc31)/C=C\c1cn(c3ccccc13)Cc1cc(OC)c(cc1OC)Cn1cc(c3ccccc31)/C=C\c1cn(c3ccccc13)C2. The summed E-state index contributed by atoms with van der Waals surface area (Å²) < 4.78 is 33.8. The van der Waals surface area contributed by atoms with Crippen LogP contribution in [0.15, 0.2) is 146 Å². The molecule has 0 atom stereocenters. The van der Waals surface area contributed by atoms with E-state index in [0.29, 0.717) is 26.2 Å². The van der Waals surface area contributed by atoms with Crippen LogP contribution in [0.2, 0.25) is 0 Å². The lowest BCUT2D eigenvalue weighted by Crippen LogP contribution is -2.05. The highest BCUT2D eigenvalue weighted by Gasteiger charge is 2.19. The summed E-state index contributed by atoms with van der Waals surface area (Å²) in [5.74, 6) is 3.29. The Morgan fingerprint density at radius 1 is 0.312 bits per heavy atom. The largest absolute Gasteiger partial charge is 0.496 e. The number of hydrogen-bond acceptors (Lipinski definition) is 4. The molecule has 4 aliphatic rings. The summed E-state index contributed by atoms with van der Waals surface area (Å²) in [5, 5.41) is 4.72. The van der Waals surface area contributed by atoms with Gasteiger partial charge in [-0.05, 0) is 48.5 Å². The second-order valence-corrected chi connectivity index (χ2v) is 16.5. The number of nitrogens with zero attached hydrogens (tertiary/aromatic N) is 4. The average molecular weight is 841 g/mol. The van der Waals surface area contributed by atoms with E-state index in [1.54, 1.807) is 28.4 Å². The third kappa shape index (κ3) is 6.79. The number of methoxy groups -OCH3 is 4. The molecule has 0 unspecified atom stereocenters. The molecular formula is C56H48N4O4. The lowest BCUT2D eigenvalue weighted by molar-refractivity contribution is 0.393. The maximum absolute atomic E-state index is 6.13. The summed E-state index contributed by atoms with van der Waals surface area (Å²) >= 11 is 0. The minimum Gasteiger partial charge on any atom is -0.496 e. The maximum atomic E-state index is 6.13. The van der Waals surface area contributed by atoms with Crippen LogP contribution >= 0.6 is 0 Å². The topological polar surface area (TPSA) is 56.6 Å². The van der Waals surface area contributed by atoms with Crippen LogP contribution < -0.4 is 18.9 Å². The average Bonchev–Trinajstić information content (AvgIpc) is 4.08. The minimum atomic E-state index is 0.607. The zero-order valence-electron chi connectivity index (χ0n) is 36.4. The molecule has 0 N–H and O–H groups in total. The first-order chi connectivity index (χ1) is 31.5. The van der Waals surface area contributed by atoms with Crippen LogP contribution in [0.3, 0.4) is 0 Å². The highest BCUT2D eigenvalue weighted by atomic mass is 16.5. The molecule has 10 aromatic rings. The minimum absolute atomic E-state index is 0.607. The van der Waals surface area contributed by atoms with Gasteiger partial charge in [0.1, 0.15) is 23.0 Å². The number of aromatic nitrogens is 4. The molecule has 316 valence electrons. The van der Waals surface area contributed by atoms with Gasteiger partial charge in [-0.1, -0.05) is 97.1 Å². The van der Waals surface area contributed by atoms with Crippen molar-refractivity contribution in [2.75, 3.05) is 28.4 Å². The van der Waals surface area contributed by atoms with E-state index in [9.17, 15) is 0 Å². The highest BCUT2D eigenvalue weighted by Crippen LogP contribution is 2.37. The van der Waals surface area contributed by atoms with Crippen LogP contribution in [0.25, 0.3) is 67.9 Å². The van der Waals surface area contributed by atoms with Gasteiger partial charge in [0.15, 0.2) is 0 Å². The lowest BCUT2D eigenvalue weighted by atomic mass is 10.1. The molecule has 0 radical (unpaired) electrons. The van der Waals surface area contributed by atoms with Crippen LogP contribution in [0.1, 0.15) is 44.5 Å². The van der Waals surface area contributed by atoms with Crippen molar-refractivity contribution >= 4 is 67.9 Å². The standard InChI is InChI=1S/C56H48N4O4/c1-61-53-25-42-34-58-30-38(46-14-6-10-18-50(46)58)23-24-40-32-60(52-20-12-8-16-48(40)52)36-44-28-55(63-3)43(27-56(44)64-4)35-59-31-39(47-15-7-11-19-51(47)59)22-21-37-29-57(33-41(53)26-54(42)62-2)49-17-9-5-13-45(37)49/h5-32H,33-36H2,1-4H3/b22-21-,24-23-. The van der Waals surface area contributed by atoms with Gasteiger partial charge in [-0.25, -0.2) is 0 Å². The zero-order valence-corrected chi connectivity index (χ0v) is 36.4. The van der Waals surface area contributed by atoms with E-state index in [-0.39, 0.29) is 0 Å². The van der Waals surface area contributed by atoms with Gasteiger partial charge in [0, 0.05) is 113 Å². The van der Waals surface area contributed by atoms with E-state index in [2.05, 4.69) is 189 Å². The molecule has 12 bridgehead atoms. The van der Waals surface area contributed by atoms with Crippen LogP contribution in [0.4, 0.5) is 0 Å². The van der Waals surface area contributed by atoms with Gasteiger partial charge in [0.2, 0.25) is 0 Å². The van der Waals surface area contributed by atoms with Gasteiger partial charge >= 0.3 is 0 Å². The Morgan fingerprint density at radius 2 is 0.531 bits per heavy atom. The van der Waals surface area contributed by atoms with Crippen LogP contribution in [0, 0.1) is 0 Å². The number of fused-ring (bicyclic) bond motifs is 4. The molecule has 0 amide bonds. The fourth-order valence-corrected chi connectivity index (χ4v) is 9.79. The number of benzene rings is 6. The van der Waals surface area contributed by atoms with Crippen molar-refractivity contribution in [1.29, 1.82) is 0 Å². The third-order valence-corrected chi connectivity index (χ3v) is 12.9. The predicted molar refractivity (Wildman–Crippen MR) is 261 cm³/mol. The number of para-hydroxylation sites is 4. The van der Waals surface area contributed by atoms with Crippen molar-refractivity contribution in [2.45, 2.75) is 26.2 Å². The molecule has 0 spiro atoms. The van der Waals surface area contributed by atoms with Crippen LogP contribution in [-0.2, 0) is 26.2 Å². The quantitative estimate of drug-likeness (QED) is 0.177. The molecule has 8 heteroatoms. The summed E-state index contributed by atoms with van der Waals surface area (Å²) in [4.78, 5) is 0. The first-order valence-electron chi connectivity index (χ1n) is 21.7. The zero-order chi connectivity index (χ0) is 43.3. The van der Waals surface area contributed by atoms with E-state index in [1.165, 1.54) is 21.5 Å². The Kier molecular flexibility index (Phi) is 9.84. The first-order valence-corrected chi connectivity index (χ1v) is 21.7. The summed E-state index contributed by atoms with van der Waals surface area (Å²) in [6.07, 6.45) is 17.9. The van der Waals surface area contributed by atoms with Crippen LogP contribution in [0.5, 0.6) is 23.0 Å². The summed E-state index contributed by atoms with van der Waals surface area (Å²) in [7, 11) is 7.01. The molecule has 0 fully saturated rings. The van der Waals surface area contributed by atoms with Gasteiger partial charge in [0.05, 0.1) is 54.6 Å². The molecule has 64 heavy (non-hydrogen) atoms. The van der Waals surface area contributed by atoms with Gasteiger partial charge in [-0.3, -0.25) is 0 Å². The molecule has 0 saturated heterocycles. The molecule has 6 aromatic carbocycles. The van der Waals surface area contributed by atoms with E-state index in [4.69, 9.17) is 18.9 Å². The highest BCUT2D eigenvalue weighted by molar-refractivity contribution is 5.98. The number of hydrogen-bond donors (Lipinski definition) is 0. The van der Waals surface area contributed by atoms with Crippen molar-refractivity contribution in [1.82, 2.24) is 18.3 Å². The summed E-state index contributed by atoms with van der Waals surface area (Å²) in [6, 6.07) is 42.9. The molecule has 8 nitrogen and oxygen atoms in total. The van der Waals surface area contributed by atoms with Crippen molar-refractivity contribution in [2.24, 2.45) is 0 Å². The van der Waals surface area contributed by atoms with E-state index in [1.807, 2.05) is 0 Å². The van der Waals surface area contributed by atoms with E-state index >= 15 is 0 Å². The fraction of sp³-hybridized carbons (Fsp3) is 0.143. The molecule has 0 saturated carbocycles. The van der Waals surface area contributed by atoms with Gasteiger partial charge < -0.3 is 37.2 Å². The summed E-state index contributed by atoms with van der Waals surface area (Å²) in [5.41, 5.74) is 13.3. The van der Waals surface area contributed by atoms with Gasteiger partial charge in [0.25, 0.3) is 0 Å². The van der Waals surface area contributed by atoms with E-state index < -0.39 is 0 Å². The molecule has 4 aromatic heterocycles. The molecule has 8 heterocycles. The van der Waals surface area contributed by atoms with E-state index in [0.717, 1.165) is 89.6 Å². The molecule has 0 aliphatic carbocycles. The van der Waals surface area contributed by atoms with Crippen molar-refractivity contribution in [3.05, 3.63) is 191 Å². The first kappa shape index (κ1) is 39.0. The molecule has 4 aliphatic heterocycles. The Labute approximate surface area is 372 Å². The molecular weight excluding hydrogens is 793 g/mol. The Balaban J connectivity index is 1.09. The Hall–Kier alpha value is -7.84. The third-order valence-electron chi connectivity index (χ3n) is 12.9. The lowest BCUT2D eigenvalue weighted by Gasteiger charge is -2.17. The number of ether oxygens (including phenoxy) is 4. The Morgan fingerprint density at radius 3 is 0.750 bits per heavy atom. The van der Waals surface area contributed by atoms with Crippen molar-refractivity contribution in [3.8, 4) is 23.0 Å². The second kappa shape index (κ2) is 16.1. The number of rotatable bonds is 4. The van der Waals surface area contributed by atoms with Crippen LogP contribution in [-0.4, -0.2) is 46.7 Å².